The quantitative estimate of drug-likeness (QED) is 0.702. The van der Waals surface area contributed by atoms with Crippen molar-refractivity contribution >= 4 is 11.8 Å². The molecule has 4 saturated carbocycles. The Kier molecular flexibility index (Phi) is 5.56. The summed E-state index contributed by atoms with van der Waals surface area (Å²) in [6, 6.07) is 20.1. The van der Waals surface area contributed by atoms with Gasteiger partial charge in [-0.05, 0) is 73.8 Å². The summed E-state index contributed by atoms with van der Waals surface area (Å²) in [5.41, 5.74) is 2.04. The SMILES string of the molecule is O=C(CNC(=O)C12CC3CC(CC(C3)C1)C2)NC(Cc1ccccc1)c1ccccc1. The Hall–Kier alpha value is -2.62. The van der Waals surface area contributed by atoms with Crippen LogP contribution in [0.1, 0.15) is 55.7 Å². The summed E-state index contributed by atoms with van der Waals surface area (Å²) in [5, 5.41) is 6.17. The largest absolute Gasteiger partial charge is 0.347 e. The van der Waals surface area contributed by atoms with E-state index >= 15 is 0 Å². The molecule has 0 aliphatic heterocycles. The van der Waals surface area contributed by atoms with Gasteiger partial charge >= 0.3 is 0 Å². The van der Waals surface area contributed by atoms with Gasteiger partial charge in [0.2, 0.25) is 11.8 Å². The Morgan fingerprint density at radius 3 is 1.97 bits per heavy atom. The number of carbonyl (C=O) groups is 2. The summed E-state index contributed by atoms with van der Waals surface area (Å²) >= 11 is 0. The molecule has 2 aromatic carbocycles. The number of rotatable bonds is 7. The van der Waals surface area contributed by atoms with Crippen LogP contribution in [0, 0.1) is 23.2 Å². The Morgan fingerprint density at radius 1 is 0.839 bits per heavy atom. The third-order valence-electron chi connectivity index (χ3n) is 7.75. The Labute approximate surface area is 184 Å². The van der Waals surface area contributed by atoms with Gasteiger partial charge in [-0.2, -0.15) is 0 Å². The van der Waals surface area contributed by atoms with E-state index in [4.69, 9.17) is 0 Å². The summed E-state index contributed by atoms with van der Waals surface area (Å²) in [6.07, 6.45) is 7.72. The average Bonchev–Trinajstić information content (AvgIpc) is 2.77. The van der Waals surface area contributed by atoms with E-state index in [9.17, 15) is 9.59 Å². The highest BCUT2D eigenvalue weighted by molar-refractivity contribution is 5.88. The monoisotopic (exact) mass is 416 g/mol. The predicted molar refractivity (Wildman–Crippen MR) is 121 cm³/mol. The van der Waals surface area contributed by atoms with Crippen molar-refractivity contribution in [1.82, 2.24) is 10.6 Å². The van der Waals surface area contributed by atoms with Gasteiger partial charge in [0.1, 0.15) is 0 Å². The van der Waals surface area contributed by atoms with Crippen molar-refractivity contribution in [3.8, 4) is 0 Å². The lowest BCUT2D eigenvalue weighted by atomic mass is 9.49. The zero-order valence-electron chi connectivity index (χ0n) is 18.1. The second kappa shape index (κ2) is 8.49. The van der Waals surface area contributed by atoms with Crippen molar-refractivity contribution in [3.05, 3.63) is 71.8 Å². The van der Waals surface area contributed by atoms with Crippen LogP contribution in [0.25, 0.3) is 0 Å². The van der Waals surface area contributed by atoms with Crippen LogP contribution in [0.5, 0.6) is 0 Å². The molecule has 0 saturated heterocycles. The number of hydrogen-bond donors (Lipinski definition) is 2. The van der Waals surface area contributed by atoms with E-state index in [2.05, 4.69) is 22.8 Å². The van der Waals surface area contributed by atoms with Gasteiger partial charge in [0.25, 0.3) is 0 Å². The molecule has 2 N–H and O–H groups in total. The summed E-state index contributed by atoms with van der Waals surface area (Å²) < 4.78 is 0. The molecule has 1 unspecified atom stereocenters. The van der Waals surface area contributed by atoms with Crippen LogP contribution in [0.15, 0.2) is 60.7 Å². The van der Waals surface area contributed by atoms with Crippen LogP contribution in [-0.2, 0) is 16.0 Å². The number of amides is 2. The van der Waals surface area contributed by atoms with Crippen molar-refractivity contribution in [2.75, 3.05) is 6.54 Å². The van der Waals surface area contributed by atoms with E-state index in [1.54, 1.807) is 0 Å². The molecule has 6 rings (SSSR count). The zero-order chi connectivity index (χ0) is 21.3. The molecule has 0 aromatic heterocycles. The minimum absolute atomic E-state index is 0.0543. The van der Waals surface area contributed by atoms with Crippen molar-refractivity contribution in [3.63, 3.8) is 0 Å². The fraction of sp³-hybridized carbons (Fsp3) is 0.481. The zero-order valence-corrected chi connectivity index (χ0v) is 18.1. The first-order valence-electron chi connectivity index (χ1n) is 11.8. The van der Waals surface area contributed by atoms with Crippen LogP contribution >= 0.6 is 0 Å². The maximum Gasteiger partial charge on any atom is 0.239 e. The first-order chi connectivity index (χ1) is 15.1. The molecule has 4 aliphatic rings. The van der Waals surface area contributed by atoms with Crippen LogP contribution in [0.4, 0.5) is 0 Å². The van der Waals surface area contributed by atoms with Crippen LogP contribution in [0.2, 0.25) is 0 Å². The molecule has 4 bridgehead atoms. The van der Waals surface area contributed by atoms with Crippen molar-refractivity contribution in [2.45, 2.75) is 51.0 Å². The minimum atomic E-state index is -0.210. The molecule has 0 heterocycles. The van der Waals surface area contributed by atoms with E-state index in [1.807, 2.05) is 48.5 Å². The Bertz CT molecular complexity index is 889. The van der Waals surface area contributed by atoms with E-state index in [-0.39, 0.29) is 29.8 Å². The minimum Gasteiger partial charge on any atom is -0.347 e. The third kappa shape index (κ3) is 4.39. The number of carbonyl (C=O) groups excluding carboxylic acids is 2. The first-order valence-corrected chi connectivity index (χ1v) is 11.8. The second-order valence-electron chi connectivity index (χ2n) is 10.1. The second-order valence-corrected chi connectivity index (χ2v) is 10.1. The molecular weight excluding hydrogens is 384 g/mol. The van der Waals surface area contributed by atoms with Gasteiger partial charge in [0.15, 0.2) is 0 Å². The van der Waals surface area contributed by atoms with Crippen molar-refractivity contribution in [2.24, 2.45) is 23.2 Å². The molecule has 2 aromatic rings. The third-order valence-corrected chi connectivity index (χ3v) is 7.75. The molecule has 1 atom stereocenters. The van der Waals surface area contributed by atoms with E-state index in [1.165, 1.54) is 24.8 Å². The number of benzene rings is 2. The van der Waals surface area contributed by atoms with E-state index in [0.717, 1.165) is 49.0 Å². The van der Waals surface area contributed by atoms with Gasteiger partial charge in [-0.15, -0.1) is 0 Å². The van der Waals surface area contributed by atoms with E-state index in [0.29, 0.717) is 0 Å². The van der Waals surface area contributed by atoms with Gasteiger partial charge < -0.3 is 10.6 Å². The van der Waals surface area contributed by atoms with Crippen LogP contribution in [0.3, 0.4) is 0 Å². The van der Waals surface area contributed by atoms with E-state index < -0.39 is 0 Å². The normalized spacial score (nSPS) is 29.4. The lowest BCUT2D eigenvalue weighted by molar-refractivity contribution is -0.147. The van der Waals surface area contributed by atoms with Gasteiger partial charge in [-0.1, -0.05) is 60.7 Å². The molecule has 31 heavy (non-hydrogen) atoms. The molecule has 4 fully saturated rings. The Balaban J connectivity index is 1.21. The summed E-state index contributed by atoms with van der Waals surface area (Å²) in [6.45, 7) is 0.0543. The van der Waals surface area contributed by atoms with Gasteiger partial charge in [-0.25, -0.2) is 0 Å². The number of hydrogen-bond acceptors (Lipinski definition) is 2. The molecule has 162 valence electrons. The molecule has 0 radical (unpaired) electrons. The lowest BCUT2D eigenvalue weighted by Gasteiger charge is -2.55. The van der Waals surface area contributed by atoms with Crippen LogP contribution in [-0.4, -0.2) is 18.4 Å². The maximum absolute atomic E-state index is 13.2. The highest BCUT2D eigenvalue weighted by Crippen LogP contribution is 2.60. The number of nitrogens with one attached hydrogen (secondary N) is 2. The average molecular weight is 417 g/mol. The van der Waals surface area contributed by atoms with Gasteiger partial charge in [-0.3, -0.25) is 9.59 Å². The lowest BCUT2D eigenvalue weighted by Crippen LogP contribution is -2.54. The van der Waals surface area contributed by atoms with Gasteiger partial charge in [0.05, 0.1) is 12.6 Å². The first kappa shape index (κ1) is 20.3. The molecule has 0 spiro atoms. The highest BCUT2D eigenvalue weighted by Gasteiger charge is 2.54. The van der Waals surface area contributed by atoms with Gasteiger partial charge in [0, 0.05) is 5.41 Å². The molecular formula is C27H32N2O2. The van der Waals surface area contributed by atoms with Crippen molar-refractivity contribution in [1.29, 1.82) is 0 Å². The maximum atomic E-state index is 13.2. The fourth-order valence-electron chi connectivity index (χ4n) is 6.77. The van der Waals surface area contributed by atoms with Crippen LogP contribution < -0.4 is 10.6 Å². The van der Waals surface area contributed by atoms with Crippen molar-refractivity contribution < 1.29 is 9.59 Å². The smallest absolute Gasteiger partial charge is 0.239 e. The standard InChI is InChI=1S/C27H32N2O2/c30-25(18-28-26(31)27-15-20-11-21(16-27)13-22(12-20)17-27)29-24(23-9-5-2-6-10-23)14-19-7-3-1-4-8-19/h1-10,20-22,24H,11-18H2,(H,28,31)(H,29,30). The summed E-state index contributed by atoms with van der Waals surface area (Å²) in [5.74, 6) is 2.15. The molecule has 4 nitrogen and oxygen atoms in total. The summed E-state index contributed by atoms with van der Waals surface area (Å²) in [7, 11) is 0. The predicted octanol–water partition coefficient (Wildman–Crippen LogP) is 4.42. The molecule has 4 heteroatoms. The topological polar surface area (TPSA) is 58.2 Å². The molecule has 4 aliphatic carbocycles. The Morgan fingerprint density at radius 2 is 1.39 bits per heavy atom. The highest BCUT2D eigenvalue weighted by atomic mass is 16.2. The summed E-state index contributed by atoms with van der Waals surface area (Å²) in [4.78, 5) is 26.0. The molecule has 2 amide bonds. The fourth-order valence-corrected chi connectivity index (χ4v) is 6.77.